The van der Waals surface area contributed by atoms with Gasteiger partial charge < -0.3 is 19.1 Å². The second-order valence-electron chi connectivity index (χ2n) is 12.2. The van der Waals surface area contributed by atoms with E-state index in [1.165, 1.54) is 23.3 Å². The van der Waals surface area contributed by atoms with Crippen LogP contribution in [0.3, 0.4) is 0 Å². The minimum atomic E-state index is -0.779. The predicted molar refractivity (Wildman–Crippen MR) is 169 cm³/mol. The summed E-state index contributed by atoms with van der Waals surface area (Å²) in [5.41, 5.74) is 3.84. The van der Waals surface area contributed by atoms with Gasteiger partial charge in [-0.25, -0.2) is 33.4 Å². The van der Waals surface area contributed by atoms with Crippen molar-refractivity contribution in [2.24, 2.45) is 5.92 Å². The third kappa shape index (κ3) is 4.91. The Hall–Kier alpha value is -5.53. The Kier molecular flexibility index (Phi) is 6.81. The van der Waals surface area contributed by atoms with Crippen molar-refractivity contribution in [3.63, 3.8) is 0 Å². The molecule has 6 aromatic rings. The lowest BCUT2D eigenvalue weighted by Gasteiger charge is -2.30. The normalized spacial score (nSPS) is 20.0. The maximum atomic E-state index is 14.8. The van der Waals surface area contributed by atoms with E-state index in [2.05, 4.69) is 31.5 Å². The van der Waals surface area contributed by atoms with Gasteiger partial charge in [-0.2, -0.15) is 10.1 Å². The molecule has 14 heteroatoms. The van der Waals surface area contributed by atoms with E-state index in [0.717, 1.165) is 34.6 Å². The van der Waals surface area contributed by atoms with Crippen molar-refractivity contribution in [3.05, 3.63) is 78.6 Å². The number of ether oxygens (including phenoxy) is 1. The number of rotatable bonds is 2. The third-order valence-electron chi connectivity index (χ3n) is 8.90. The number of likely N-dealkylation sites (N-methyl/N-ethyl adjacent to an activating group) is 1. The fraction of sp³-hybridized carbons (Fsp3) is 0.303. The zero-order chi connectivity index (χ0) is 32.4. The number of amides is 1. The van der Waals surface area contributed by atoms with E-state index >= 15 is 0 Å². The smallest absolute Gasteiger partial charge is 0.317 e. The van der Waals surface area contributed by atoms with Crippen LogP contribution in [0.15, 0.2) is 61.2 Å². The number of carbonyl (C=O) groups is 1. The SMILES string of the molecule is Cc1nc2cccc3c2n1C[C@H](C)CN(C)C(=O)[C@@H]1C[C@@H](CN1c1ncnc2c1cnn2-c1ccc(F)cc1F)Oc1nccc-3n1. The molecule has 0 radical (unpaired) electrons. The molecule has 8 rings (SSSR count). The molecule has 47 heavy (non-hydrogen) atoms. The number of hydrogen-bond acceptors (Lipinski definition) is 9. The molecule has 2 aromatic carbocycles. The number of para-hydroxylation sites is 1. The van der Waals surface area contributed by atoms with Crippen LogP contribution in [0.25, 0.3) is 39.0 Å². The molecule has 0 spiro atoms. The number of benzene rings is 2. The third-order valence-corrected chi connectivity index (χ3v) is 8.90. The highest BCUT2D eigenvalue weighted by molar-refractivity contribution is 5.93. The standard InChI is InChI=1S/C33H30F2N10O2/c1-18-14-42(3)32(46)28-12-21(47-33-36-10-9-25(41-33)22-5-4-6-26-29(22)43(15-18)19(2)40-26)16-44(28)30-23-13-39-45(31(23)38-17-37-30)27-8-7-20(34)11-24(27)35/h4-11,13,17-18,21,28H,12,14-16H2,1-3H3/t18-,21+,28+/m1/s1. The lowest BCUT2D eigenvalue weighted by Crippen LogP contribution is -2.46. The Morgan fingerprint density at radius 1 is 1.00 bits per heavy atom. The van der Waals surface area contributed by atoms with Gasteiger partial charge in [0.25, 0.3) is 0 Å². The molecule has 0 N–H and O–H groups in total. The number of aryl methyl sites for hydroxylation is 1. The average Bonchev–Trinajstić information content (AvgIpc) is 3.76. The summed E-state index contributed by atoms with van der Waals surface area (Å²) in [6, 6.07) is 10.7. The molecule has 4 aromatic heterocycles. The first-order chi connectivity index (χ1) is 22.7. The van der Waals surface area contributed by atoms with Gasteiger partial charge in [0.1, 0.15) is 41.6 Å². The minimum Gasteiger partial charge on any atom is -0.458 e. The number of aromatic nitrogens is 8. The summed E-state index contributed by atoms with van der Waals surface area (Å²) in [5, 5.41) is 4.87. The van der Waals surface area contributed by atoms with E-state index in [1.54, 1.807) is 11.1 Å². The van der Waals surface area contributed by atoms with Crippen LogP contribution < -0.4 is 9.64 Å². The number of imidazole rings is 1. The summed E-state index contributed by atoms with van der Waals surface area (Å²) in [4.78, 5) is 40.8. The van der Waals surface area contributed by atoms with E-state index in [1.807, 2.05) is 43.1 Å². The molecule has 2 aliphatic heterocycles. The fourth-order valence-electron chi connectivity index (χ4n) is 6.85. The summed E-state index contributed by atoms with van der Waals surface area (Å²) in [7, 11) is 1.81. The maximum Gasteiger partial charge on any atom is 0.317 e. The van der Waals surface area contributed by atoms with Crippen molar-refractivity contribution >= 4 is 33.8 Å². The van der Waals surface area contributed by atoms with E-state index in [9.17, 15) is 13.6 Å². The van der Waals surface area contributed by atoms with Crippen molar-refractivity contribution in [3.8, 4) is 23.0 Å². The Labute approximate surface area is 267 Å². The lowest BCUT2D eigenvalue weighted by atomic mass is 10.1. The number of hydrogen-bond donors (Lipinski definition) is 0. The zero-order valence-corrected chi connectivity index (χ0v) is 25.9. The molecule has 12 nitrogen and oxygen atoms in total. The van der Waals surface area contributed by atoms with Crippen molar-refractivity contribution in [1.29, 1.82) is 0 Å². The van der Waals surface area contributed by atoms with Gasteiger partial charge in [-0.05, 0) is 37.1 Å². The summed E-state index contributed by atoms with van der Waals surface area (Å²) in [5.74, 6) is -0.143. The van der Waals surface area contributed by atoms with Crippen molar-refractivity contribution in [1.82, 2.24) is 44.2 Å². The Balaban J connectivity index is 1.21. The summed E-state index contributed by atoms with van der Waals surface area (Å²) in [6.45, 7) is 5.56. The zero-order valence-electron chi connectivity index (χ0n) is 25.9. The van der Waals surface area contributed by atoms with Crippen LogP contribution in [-0.4, -0.2) is 82.4 Å². The van der Waals surface area contributed by atoms with Gasteiger partial charge in [-0.3, -0.25) is 4.79 Å². The number of anilines is 1. The fourth-order valence-corrected chi connectivity index (χ4v) is 6.85. The lowest BCUT2D eigenvalue weighted by molar-refractivity contribution is -0.131. The van der Waals surface area contributed by atoms with Crippen LogP contribution in [-0.2, 0) is 11.3 Å². The molecular formula is C33H30F2N10O2. The number of carbonyl (C=O) groups excluding carboxylic acids is 1. The van der Waals surface area contributed by atoms with E-state index in [-0.39, 0.29) is 23.5 Å². The highest BCUT2D eigenvalue weighted by Gasteiger charge is 2.42. The molecule has 0 aliphatic carbocycles. The second-order valence-corrected chi connectivity index (χ2v) is 12.2. The Morgan fingerprint density at radius 2 is 1.87 bits per heavy atom. The summed E-state index contributed by atoms with van der Waals surface area (Å²) < 4.78 is 38.3. The van der Waals surface area contributed by atoms with Gasteiger partial charge in [0, 0.05) is 44.4 Å². The highest BCUT2D eigenvalue weighted by atomic mass is 19.1. The van der Waals surface area contributed by atoms with Crippen LogP contribution in [0, 0.1) is 24.5 Å². The van der Waals surface area contributed by atoms with Gasteiger partial charge >= 0.3 is 6.01 Å². The maximum absolute atomic E-state index is 14.8. The summed E-state index contributed by atoms with van der Waals surface area (Å²) in [6.07, 6.45) is 4.46. The molecular weight excluding hydrogens is 606 g/mol. The topological polar surface area (TPSA) is 120 Å². The molecule has 0 saturated carbocycles. The average molecular weight is 637 g/mol. The van der Waals surface area contributed by atoms with Crippen LogP contribution in [0.5, 0.6) is 6.01 Å². The molecule has 6 heterocycles. The first-order valence-electron chi connectivity index (χ1n) is 15.4. The van der Waals surface area contributed by atoms with Gasteiger partial charge in [0.2, 0.25) is 5.91 Å². The van der Waals surface area contributed by atoms with E-state index in [0.29, 0.717) is 48.6 Å². The van der Waals surface area contributed by atoms with Gasteiger partial charge in [0.15, 0.2) is 11.5 Å². The van der Waals surface area contributed by atoms with Crippen molar-refractivity contribution < 1.29 is 18.3 Å². The Morgan fingerprint density at radius 3 is 2.72 bits per heavy atom. The number of halogens is 2. The second kappa shape index (κ2) is 11.1. The first-order valence-corrected chi connectivity index (χ1v) is 15.4. The van der Waals surface area contributed by atoms with Gasteiger partial charge in [-0.15, -0.1) is 0 Å². The molecule has 2 aliphatic rings. The van der Waals surface area contributed by atoms with Gasteiger partial charge in [0.05, 0.1) is 34.9 Å². The van der Waals surface area contributed by atoms with Crippen LogP contribution in [0.2, 0.25) is 0 Å². The van der Waals surface area contributed by atoms with Crippen LogP contribution >= 0.6 is 0 Å². The van der Waals surface area contributed by atoms with Crippen LogP contribution in [0.4, 0.5) is 14.6 Å². The molecule has 1 fully saturated rings. The quantitative estimate of drug-likeness (QED) is 0.273. The Bertz CT molecular complexity index is 2180. The van der Waals surface area contributed by atoms with E-state index in [4.69, 9.17) is 14.7 Å². The first kappa shape index (κ1) is 28.9. The summed E-state index contributed by atoms with van der Waals surface area (Å²) >= 11 is 0. The van der Waals surface area contributed by atoms with Crippen molar-refractivity contribution in [2.75, 3.05) is 25.0 Å². The molecule has 1 amide bonds. The molecule has 0 unspecified atom stereocenters. The predicted octanol–water partition coefficient (Wildman–Crippen LogP) is 4.34. The van der Waals surface area contributed by atoms with Crippen LogP contribution in [0.1, 0.15) is 19.2 Å². The molecule has 3 atom stereocenters. The van der Waals surface area contributed by atoms with Crippen molar-refractivity contribution in [2.45, 2.75) is 39.0 Å². The highest BCUT2D eigenvalue weighted by Crippen LogP contribution is 2.34. The van der Waals surface area contributed by atoms with E-state index < -0.39 is 23.8 Å². The molecule has 4 bridgehead atoms. The minimum absolute atomic E-state index is 0.0421. The molecule has 1 saturated heterocycles. The van der Waals surface area contributed by atoms with Gasteiger partial charge in [-0.1, -0.05) is 19.1 Å². The number of fused-ring (bicyclic) bond motifs is 6. The molecule has 238 valence electrons. The monoisotopic (exact) mass is 636 g/mol. The largest absolute Gasteiger partial charge is 0.458 e. The number of nitrogens with zero attached hydrogens (tertiary/aromatic N) is 10.